The van der Waals surface area contributed by atoms with Crippen LogP contribution >= 0.6 is 0 Å². The van der Waals surface area contributed by atoms with Crippen molar-refractivity contribution in [3.63, 3.8) is 0 Å². The molecule has 2 spiro atoms. The van der Waals surface area contributed by atoms with Crippen molar-refractivity contribution in [2.45, 2.75) is 76.3 Å². The quantitative estimate of drug-likeness (QED) is 0.408. The Balaban J connectivity index is 1.68. The zero-order valence-electron chi connectivity index (χ0n) is 16.6. The lowest BCUT2D eigenvalue weighted by molar-refractivity contribution is -0.238. The number of carbonyl (C=O) groups excluding carboxylic acids is 3. The molecule has 29 heavy (non-hydrogen) atoms. The van der Waals surface area contributed by atoms with Gasteiger partial charge in [-0.3, -0.25) is 4.79 Å². The maximum atomic E-state index is 13.3. The first-order valence-corrected chi connectivity index (χ1v) is 10.1. The molecular formula is C20H24O9. The fourth-order valence-corrected chi connectivity index (χ4v) is 8.06. The zero-order chi connectivity index (χ0) is 20.9. The minimum absolute atomic E-state index is 0.0623. The topological polar surface area (TPSA) is 129 Å². The summed E-state index contributed by atoms with van der Waals surface area (Å²) in [6, 6.07) is 0. The van der Waals surface area contributed by atoms with Gasteiger partial charge in [-0.05, 0) is 24.7 Å². The molecule has 0 aromatic carbocycles. The standard InChI is InChI=1S/C20H24O9/c1-7-12(22)26-10-6-17-9-5-8(16(2,3)4)18(17)11(21)13(23)28-15(18)29-20(17,14(24)27-9)19(7,10)25/h7-11,15,21,25H,5-6H2,1-4H3/t7-,8+,9-,10+,11+,15+,17+,18?,19-,20-/m1/s1. The minimum Gasteiger partial charge on any atom is -0.459 e. The summed E-state index contributed by atoms with van der Waals surface area (Å²) in [6.45, 7) is 7.47. The van der Waals surface area contributed by atoms with E-state index in [1.165, 1.54) is 6.92 Å². The Bertz CT molecular complexity index is 893. The number of aliphatic hydroxyl groups is 2. The van der Waals surface area contributed by atoms with Gasteiger partial charge in [-0.25, -0.2) is 9.59 Å². The van der Waals surface area contributed by atoms with Gasteiger partial charge in [-0.2, -0.15) is 0 Å². The number of aliphatic hydroxyl groups excluding tert-OH is 1. The first-order valence-electron chi connectivity index (χ1n) is 10.1. The molecule has 6 rings (SSSR count). The number of rotatable bonds is 0. The summed E-state index contributed by atoms with van der Waals surface area (Å²) < 4.78 is 22.9. The monoisotopic (exact) mass is 408 g/mol. The first-order chi connectivity index (χ1) is 13.4. The Hall–Kier alpha value is -1.71. The van der Waals surface area contributed by atoms with E-state index in [1.54, 1.807) is 0 Å². The van der Waals surface area contributed by atoms with Crippen LogP contribution in [0, 0.1) is 28.1 Å². The van der Waals surface area contributed by atoms with Crippen LogP contribution in [0.25, 0.3) is 0 Å². The summed E-state index contributed by atoms with van der Waals surface area (Å²) in [4.78, 5) is 38.1. The molecule has 0 bridgehead atoms. The third-order valence-electron chi connectivity index (χ3n) is 8.97. The van der Waals surface area contributed by atoms with E-state index in [2.05, 4.69) is 0 Å². The van der Waals surface area contributed by atoms with Crippen LogP contribution in [0.3, 0.4) is 0 Å². The fraction of sp³-hybridized carbons (Fsp3) is 0.850. The third-order valence-corrected chi connectivity index (χ3v) is 8.97. The van der Waals surface area contributed by atoms with E-state index >= 15 is 0 Å². The van der Waals surface area contributed by atoms with Gasteiger partial charge in [-0.15, -0.1) is 0 Å². The highest BCUT2D eigenvalue weighted by atomic mass is 16.8. The summed E-state index contributed by atoms with van der Waals surface area (Å²) in [6.07, 6.45) is -3.96. The number of carbonyl (C=O) groups is 3. The van der Waals surface area contributed by atoms with Crippen molar-refractivity contribution in [1.29, 1.82) is 0 Å². The molecule has 2 N–H and O–H groups in total. The highest BCUT2D eigenvalue weighted by molar-refractivity contribution is 5.93. The molecule has 6 aliphatic rings. The van der Waals surface area contributed by atoms with Crippen molar-refractivity contribution >= 4 is 17.9 Å². The minimum atomic E-state index is -1.97. The Morgan fingerprint density at radius 2 is 1.72 bits per heavy atom. The Kier molecular flexibility index (Phi) is 2.79. The predicted molar refractivity (Wildman–Crippen MR) is 90.6 cm³/mol. The van der Waals surface area contributed by atoms with Crippen LogP contribution in [0.2, 0.25) is 0 Å². The second-order valence-corrected chi connectivity index (χ2v) is 10.6. The number of hydrogen-bond donors (Lipinski definition) is 2. The molecule has 10 atom stereocenters. The maximum absolute atomic E-state index is 13.3. The van der Waals surface area contributed by atoms with Crippen LogP contribution in [0.4, 0.5) is 0 Å². The lowest BCUT2D eigenvalue weighted by Crippen LogP contribution is -2.66. The summed E-state index contributed by atoms with van der Waals surface area (Å²) in [5.74, 6) is -3.52. The lowest BCUT2D eigenvalue weighted by atomic mass is 9.51. The fourth-order valence-electron chi connectivity index (χ4n) is 8.06. The van der Waals surface area contributed by atoms with Crippen LogP contribution in [-0.4, -0.2) is 63.9 Å². The number of hydrogen-bond acceptors (Lipinski definition) is 9. The van der Waals surface area contributed by atoms with E-state index in [4.69, 9.17) is 18.9 Å². The van der Waals surface area contributed by atoms with Gasteiger partial charge in [0.05, 0.1) is 16.7 Å². The number of fused-ring (bicyclic) bond motifs is 1. The van der Waals surface area contributed by atoms with E-state index < -0.39 is 70.5 Å². The van der Waals surface area contributed by atoms with E-state index in [1.807, 2.05) is 20.8 Å². The van der Waals surface area contributed by atoms with Gasteiger partial charge < -0.3 is 29.2 Å². The third kappa shape index (κ3) is 1.35. The van der Waals surface area contributed by atoms with Gasteiger partial charge in [0.25, 0.3) is 0 Å². The molecule has 0 aromatic rings. The average Bonchev–Trinajstić information content (AvgIpc) is 3.31. The van der Waals surface area contributed by atoms with Crippen LogP contribution in [0.1, 0.15) is 40.5 Å². The molecule has 9 nitrogen and oxygen atoms in total. The van der Waals surface area contributed by atoms with E-state index in [0.717, 1.165) is 0 Å². The molecule has 0 amide bonds. The molecule has 0 aromatic heterocycles. The molecule has 1 unspecified atom stereocenters. The van der Waals surface area contributed by atoms with E-state index in [-0.39, 0.29) is 17.8 Å². The van der Waals surface area contributed by atoms with Crippen molar-refractivity contribution in [2.75, 3.05) is 0 Å². The van der Waals surface area contributed by atoms with Gasteiger partial charge >= 0.3 is 17.9 Å². The van der Waals surface area contributed by atoms with Crippen molar-refractivity contribution in [3.05, 3.63) is 0 Å². The molecule has 4 saturated heterocycles. The Morgan fingerprint density at radius 3 is 2.38 bits per heavy atom. The molecule has 4 heterocycles. The van der Waals surface area contributed by atoms with Gasteiger partial charge in [0.2, 0.25) is 11.9 Å². The molecule has 2 saturated carbocycles. The van der Waals surface area contributed by atoms with Crippen LogP contribution in [0.5, 0.6) is 0 Å². The first kappa shape index (κ1) is 18.1. The van der Waals surface area contributed by atoms with Crippen molar-refractivity contribution in [3.8, 4) is 0 Å². The summed E-state index contributed by atoms with van der Waals surface area (Å²) >= 11 is 0. The largest absolute Gasteiger partial charge is 0.459 e. The zero-order valence-corrected chi connectivity index (χ0v) is 16.6. The molecule has 0 radical (unpaired) electrons. The summed E-state index contributed by atoms with van der Waals surface area (Å²) in [7, 11) is 0. The predicted octanol–water partition coefficient (Wildman–Crippen LogP) is -0.340. The van der Waals surface area contributed by atoms with Crippen LogP contribution in [-0.2, 0) is 33.3 Å². The molecule has 6 fully saturated rings. The highest BCUT2D eigenvalue weighted by Crippen LogP contribution is 2.84. The second-order valence-electron chi connectivity index (χ2n) is 10.6. The Labute approximate surface area is 166 Å². The number of ether oxygens (including phenoxy) is 4. The smallest absolute Gasteiger partial charge is 0.342 e. The molecule has 9 heteroatoms. The van der Waals surface area contributed by atoms with E-state index in [9.17, 15) is 24.6 Å². The van der Waals surface area contributed by atoms with E-state index in [0.29, 0.717) is 6.42 Å². The van der Waals surface area contributed by atoms with Crippen molar-refractivity contribution in [2.24, 2.45) is 28.1 Å². The molecule has 2 aliphatic carbocycles. The number of esters is 3. The molecule has 4 aliphatic heterocycles. The normalized spacial score (nSPS) is 59.2. The van der Waals surface area contributed by atoms with Gasteiger partial charge in [-0.1, -0.05) is 20.8 Å². The van der Waals surface area contributed by atoms with Crippen molar-refractivity contribution in [1.82, 2.24) is 0 Å². The summed E-state index contributed by atoms with van der Waals surface area (Å²) in [5.41, 5.74) is -6.81. The maximum Gasteiger partial charge on any atom is 0.342 e. The van der Waals surface area contributed by atoms with Crippen LogP contribution < -0.4 is 0 Å². The molecular weight excluding hydrogens is 384 g/mol. The summed E-state index contributed by atoms with van der Waals surface area (Å²) in [5, 5.41) is 23.0. The molecule has 158 valence electrons. The SMILES string of the molecule is C[C@@H]1C(=O)O[C@H]2C[C@]34[C@H]5C[C@@H](C(C)(C)C)C36[C@@H](OC(=O)[C@@H]6O)O[C@@]4(C(=O)O5)[C@]21O. The second kappa shape index (κ2) is 4.48. The van der Waals surface area contributed by atoms with Crippen molar-refractivity contribution < 1.29 is 43.5 Å². The van der Waals surface area contributed by atoms with Gasteiger partial charge in [0.15, 0.2) is 11.7 Å². The Morgan fingerprint density at radius 1 is 1.03 bits per heavy atom. The average molecular weight is 408 g/mol. The highest BCUT2D eigenvalue weighted by Gasteiger charge is 3.01. The van der Waals surface area contributed by atoms with Gasteiger partial charge in [0, 0.05) is 6.42 Å². The van der Waals surface area contributed by atoms with Crippen LogP contribution in [0.15, 0.2) is 0 Å². The lowest BCUT2D eigenvalue weighted by Gasteiger charge is -2.46. The van der Waals surface area contributed by atoms with Gasteiger partial charge in [0.1, 0.15) is 12.2 Å².